The van der Waals surface area contributed by atoms with E-state index in [1.165, 1.54) is 38.1 Å². The molecule has 0 amide bonds. The predicted octanol–water partition coefficient (Wildman–Crippen LogP) is 16.0. The second kappa shape index (κ2) is 15.5. The number of nitrogens with zero attached hydrogens (tertiary/aromatic N) is 2. The van der Waals surface area contributed by atoms with Crippen molar-refractivity contribution in [3.8, 4) is 33.4 Å². The van der Waals surface area contributed by atoms with Gasteiger partial charge in [-0.2, -0.15) is 0 Å². The van der Waals surface area contributed by atoms with Crippen LogP contribution in [0, 0.1) is 0 Å². The summed E-state index contributed by atoms with van der Waals surface area (Å²) < 4.78 is 6.44. The Morgan fingerprint density at radius 3 is 1.79 bits per heavy atom. The van der Waals surface area contributed by atoms with Gasteiger partial charge in [0.1, 0.15) is 11.2 Å². The van der Waals surface area contributed by atoms with Crippen molar-refractivity contribution < 1.29 is 4.42 Å². The lowest BCUT2D eigenvalue weighted by molar-refractivity contribution is 0.669. The molecule has 3 nitrogen and oxygen atoms in total. The molecule has 0 aliphatic carbocycles. The fourth-order valence-corrected chi connectivity index (χ4v) is 8.71. The highest BCUT2D eigenvalue weighted by Crippen LogP contribution is 2.38. The normalized spacial score (nSPS) is 12.2. The molecule has 11 aromatic rings. The van der Waals surface area contributed by atoms with Crippen molar-refractivity contribution in [2.45, 2.75) is 6.92 Å². The van der Waals surface area contributed by atoms with Gasteiger partial charge in [0, 0.05) is 27.6 Å². The van der Waals surface area contributed by atoms with E-state index in [2.05, 4.69) is 207 Å². The van der Waals surface area contributed by atoms with Gasteiger partial charge in [-0.1, -0.05) is 189 Å². The monoisotopic (exact) mass is 792 g/mol. The molecule has 0 aliphatic heterocycles. The van der Waals surface area contributed by atoms with Gasteiger partial charge in [0.15, 0.2) is 5.84 Å². The summed E-state index contributed by atoms with van der Waals surface area (Å²) in [4.78, 5) is 10.4. The quantitative estimate of drug-likeness (QED) is 0.0900. The van der Waals surface area contributed by atoms with Gasteiger partial charge in [-0.15, -0.1) is 0 Å². The number of rotatable bonds is 7. The van der Waals surface area contributed by atoms with E-state index in [0.717, 1.165) is 72.0 Å². The first-order chi connectivity index (χ1) is 30.5. The molecule has 0 radical (unpaired) electrons. The Morgan fingerprint density at radius 2 is 0.984 bits per heavy atom. The van der Waals surface area contributed by atoms with Gasteiger partial charge in [-0.3, -0.25) is 0 Å². The third-order valence-corrected chi connectivity index (χ3v) is 12.0. The van der Waals surface area contributed by atoms with Gasteiger partial charge in [0.05, 0.1) is 5.70 Å². The van der Waals surface area contributed by atoms with E-state index >= 15 is 0 Å². The van der Waals surface area contributed by atoms with Gasteiger partial charge in [0.25, 0.3) is 0 Å². The summed E-state index contributed by atoms with van der Waals surface area (Å²) >= 11 is 0. The molecule has 0 spiro atoms. The molecule has 11 rings (SSSR count). The highest BCUT2D eigenvalue weighted by Gasteiger charge is 2.14. The number of fused-ring (bicyclic) bond motifs is 7. The standard InChI is InChI=1S/C59H40N2O/c1-38(40-19-21-43(22-20-40)50-32-34-55-57(37-50)62-56-18-10-17-54(58(55)56)44-12-4-3-5-13-44)60-59(46-27-23-42(24-28-46)49-29-25-41-11-6-7-15-48(41)36-49)61-39(2)47-31-33-53-51(35-47)30-26-45-14-8-9-16-52(45)53/h3-37H,2H2,1H3. The van der Waals surface area contributed by atoms with Crippen LogP contribution in [0.5, 0.6) is 0 Å². The lowest BCUT2D eigenvalue weighted by Gasteiger charge is -2.10. The summed E-state index contributed by atoms with van der Waals surface area (Å²) in [5.41, 5.74) is 13.0. The van der Waals surface area contributed by atoms with E-state index in [4.69, 9.17) is 14.4 Å². The molecule has 1 aromatic heterocycles. The topological polar surface area (TPSA) is 37.9 Å². The zero-order chi connectivity index (χ0) is 41.6. The Kier molecular flexibility index (Phi) is 9.21. The highest BCUT2D eigenvalue weighted by atomic mass is 16.3. The summed E-state index contributed by atoms with van der Waals surface area (Å²) in [7, 11) is 0. The van der Waals surface area contributed by atoms with Crippen LogP contribution < -0.4 is 0 Å². The summed E-state index contributed by atoms with van der Waals surface area (Å²) in [5.74, 6) is 0.602. The Morgan fingerprint density at radius 1 is 0.387 bits per heavy atom. The summed E-state index contributed by atoms with van der Waals surface area (Å²) in [6, 6.07) is 74.8. The van der Waals surface area contributed by atoms with Gasteiger partial charge in [-0.25, -0.2) is 9.98 Å². The minimum atomic E-state index is 0.602. The van der Waals surface area contributed by atoms with Crippen molar-refractivity contribution in [3.63, 3.8) is 0 Å². The molecule has 0 saturated carbocycles. The van der Waals surface area contributed by atoms with E-state index in [0.29, 0.717) is 11.5 Å². The number of benzene rings is 10. The van der Waals surface area contributed by atoms with Crippen molar-refractivity contribution in [1.82, 2.24) is 0 Å². The second-order valence-corrected chi connectivity index (χ2v) is 15.9. The molecule has 0 unspecified atom stereocenters. The first-order valence-electron chi connectivity index (χ1n) is 21.0. The first-order valence-corrected chi connectivity index (χ1v) is 21.0. The fraction of sp³-hybridized carbons (Fsp3) is 0.0169. The average Bonchev–Trinajstić information content (AvgIpc) is 3.72. The van der Waals surface area contributed by atoms with E-state index in [9.17, 15) is 0 Å². The maximum absolute atomic E-state index is 6.44. The Labute approximate surface area is 360 Å². The van der Waals surface area contributed by atoms with E-state index in [1.54, 1.807) is 0 Å². The van der Waals surface area contributed by atoms with E-state index in [-0.39, 0.29) is 0 Å². The van der Waals surface area contributed by atoms with Gasteiger partial charge < -0.3 is 4.42 Å². The van der Waals surface area contributed by atoms with Crippen molar-refractivity contribution in [2.75, 3.05) is 0 Å². The third kappa shape index (κ3) is 6.86. The van der Waals surface area contributed by atoms with Crippen LogP contribution in [0.15, 0.2) is 233 Å². The largest absolute Gasteiger partial charge is 0.456 e. The molecular weight excluding hydrogens is 753 g/mol. The summed E-state index contributed by atoms with van der Waals surface area (Å²) in [6.07, 6.45) is 0. The molecule has 0 bridgehead atoms. The van der Waals surface area contributed by atoms with Crippen LogP contribution in [-0.2, 0) is 0 Å². The average molecular weight is 793 g/mol. The zero-order valence-corrected chi connectivity index (χ0v) is 34.2. The SMILES string of the molecule is C=C(N=C(N=C(C)c1ccc(-c2ccc3c(c2)oc2cccc(-c4ccccc4)c23)cc1)c1ccc(-c2ccc3ccccc3c2)cc1)c1ccc2c(ccc3ccccc32)c1. The fourth-order valence-electron chi connectivity index (χ4n) is 8.71. The van der Waals surface area contributed by atoms with Crippen molar-refractivity contribution in [3.05, 3.63) is 236 Å². The number of amidine groups is 1. The Hall–Kier alpha value is -8.14. The number of hydrogen-bond donors (Lipinski definition) is 0. The molecular formula is C59H40N2O. The molecule has 0 fully saturated rings. The zero-order valence-electron chi connectivity index (χ0n) is 34.2. The van der Waals surface area contributed by atoms with E-state index in [1.807, 2.05) is 19.1 Å². The molecule has 10 aromatic carbocycles. The smallest absolute Gasteiger partial charge is 0.160 e. The summed E-state index contributed by atoms with van der Waals surface area (Å²) in [5, 5.41) is 9.51. The molecule has 0 aliphatic rings. The van der Waals surface area contributed by atoms with Crippen LogP contribution in [0.4, 0.5) is 0 Å². The maximum atomic E-state index is 6.44. The second-order valence-electron chi connectivity index (χ2n) is 15.9. The van der Waals surface area contributed by atoms with Gasteiger partial charge in [-0.05, 0) is 109 Å². The Balaban J connectivity index is 0.930. The molecule has 0 N–H and O–H groups in total. The third-order valence-electron chi connectivity index (χ3n) is 12.0. The number of aliphatic imine (C=N–C) groups is 2. The maximum Gasteiger partial charge on any atom is 0.160 e. The van der Waals surface area contributed by atoms with Crippen LogP contribution in [0.2, 0.25) is 0 Å². The lowest BCUT2D eigenvalue weighted by atomic mass is 9.97. The van der Waals surface area contributed by atoms with Crippen LogP contribution in [0.3, 0.4) is 0 Å². The van der Waals surface area contributed by atoms with E-state index < -0.39 is 0 Å². The van der Waals surface area contributed by atoms with Gasteiger partial charge in [0.2, 0.25) is 0 Å². The van der Waals surface area contributed by atoms with Gasteiger partial charge >= 0.3 is 0 Å². The molecule has 0 atom stereocenters. The molecule has 62 heavy (non-hydrogen) atoms. The van der Waals surface area contributed by atoms with Crippen LogP contribution >= 0.6 is 0 Å². The number of furan rings is 1. The van der Waals surface area contributed by atoms with Crippen LogP contribution in [0.1, 0.15) is 23.6 Å². The van der Waals surface area contributed by atoms with Crippen molar-refractivity contribution in [1.29, 1.82) is 0 Å². The van der Waals surface area contributed by atoms with Crippen LogP contribution in [-0.4, -0.2) is 11.5 Å². The molecule has 292 valence electrons. The molecule has 0 saturated heterocycles. The Bertz CT molecular complexity index is 3570. The van der Waals surface area contributed by atoms with Crippen molar-refractivity contribution >= 4 is 71.5 Å². The number of hydrogen-bond acceptors (Lipinski definition) is 2. The highest BCUT2D eigenvalue weighted by molar-refractivity contribution is 6.15. The summed E-state index contributed by atoms with van der Waals surface area (Å²) in [6.45, 7) is 6.51. The molecule has 3 heteroatoms. The predicted molar refractivity (Wildman–Crippen MR) is 263 cm³/mol. The first kappa shape index (κ1) is 36.9. The molecule has 1 heterocycles. The lowest BCUT2D eigenvalue weighted by Crippen LogP contribution is -2.04. The minimum absolute atomic E-state index is 0.602. The van der Waals surface area contributed by atoms with Crippen molar-refractivity contribution in [2.24, 2.45) is 9.98 Å². The minimum Gasteiger partial charge on any atom is -0.456 e. The van der Waals surface area contributed by atoms with Crippen LogP contribution in [0.25, 0.3) is 93.3 Å².